The fourth-order valence-corrected chi connectivity index (χ4v) is 3.81. The molecule has 1 aliphatic rings. The van der Waals surface area contributed by atoms with E-state index in [1.54, 1.807) is 37.3 Å². The molecule has 1 N–H and O–H groups in total. The lowest BCUT2D eigenvalue weighted by Crippen LogP contribution is -2.14. The molecule has 0 amide bonds. The van der Waals surface area contributed by atoms with Crippen LogP contribution in [0.2, 0.25) is 0 Å². The zero-order valence-corrected chi connectivity index (χ0v) is 13.9. The first-order valence-electron chi connectivity index (χ1n) is 7.45. The summed E-state index contributed by atoms with van der Waals surface area (Å²) in [7, 11) is -3.65. The maximum Gasteiger partial charge on any atom is 0.262 e. The molecule has 0 radical (unpaired) electrons. The van der Waals surface area contributed by atoms with Gasteiger partial charge >= 0.3 is 0 Å². The maximum absolute atomic E-state index is 12.6. The van der Waals surface area contributed by atoms with Crippen molar-refractivity contribution in [2.75, 3.05) is 17.9 Å². The molecule has 0 fully saturated rings. The molecule has 122 valence electrons. The van der Waals surface area contributed by atoms with Crippen molar-refractivity contribution in [3.05, 3.63) is 47.5 Å². The molecule has 6 heteroatoms. The first-order chi connectivity index (χ1) is 11.0. The van der Waals surface area contributed by atoms with Gasteiger partial charge in [0.05, 0.1) is 23.8 Å². The van der Waals surface area contributed by atoms with E-state index in [9.17, 15) is 8.42 Å². The molecule has 0 saturated carbocycles. The van der Waals surface area contributed by atoms with Crippen molar-refractivity contribution >= 4 is 15.7 Å². The summed E-state index contributed by atoms with van der Waals surface area (Å²) >= 11 is 0. The second-order valence-electron chi connectivity index (χ2n) is 5.59. The molecule has 0 aromatic heterocycles. The van der Waals surface area contributed by atoms with Gasteiger partial charge in [-0.2, -0.15) is 0 Å². The van der Waals surface area contributed by atoms with Gasteiger partial charge in [-0.05, 0) is 43.2 Å². The number of hydrogen-bond acceptors (Lipinski definition) is 4. The predicted molar refractivity (Wildman–Crippen MR) is 88.8 cm³/mol. The Hall–Kier alpha value is -2.21. The molecule has 23 heavy (non-hydrogen) atoms. The van der Waals surface area contributed by atoms with Crippen LogP contribution in [0.4, 0.5) is 5.69 Å². The molecule has 3 rings (SSSR count). The van der Waals surface area contributed by atoms with Crippen LogP contribution < -0.4 is 14.2 Å². The summed E-state index contributed by atoms with van der Waals surface area (Å²) in [6, 6.07) is 10.4. The molecule has 0 spiro atoms. The summed E-state index contributed by atoms with van der Waals surface area (Å²) in [5.74, 6) is 1.20. The quantitative estimate of drug-likeness (QED) is 0.936. The number of hydrogen-bond donors (Lipinski definition) is 1. The summed E-state index contributed by atoms with van der Waals surface area (Å²) in [5, 5.41) is 0. The highest BCUT2D eigenvalue weighted by atomic mass is 32.2. The molecule has 0 atom stereocenters. The Morgan fingerprint density at radius 1 is 0.957 bits per heavy atom. The van der Waals surface area contributed by atoms with Gasteiger partial charge in [-0.15, -0.1) is 0 Å². The minimum Gasteiger partial charge on any atom is -0.490 e. The number of aryl methyl sites for hydroxylation is 2. The van der Waals surface area contributed by atoms with Crippen LogP contribution in [0.5, 0.6) is 11.5 Å². The Morgan fingerprint density at radius 3 is 2.48 bits per heavy atom. The third-order valence-electron chi connectivity index (χ3n) is 3.63. The van der Waals surface area contributed by atoms with Crippen LogP contribution in [0.15, 0.2) is 41.3 Å². The van der Waals surface area contributed by atoms with Gasteiger partial charge in [0.15, 0.2) is 11.5 Å². The van der Waals surface area contributed by atoms with Crippen LogP contribution in [-0.4, -0.2) is 21.6 Å². The lowest BCUT2D eigenvalue weighted by atomic mass is 10.2. The van der Waals surface area contributed by atoms with Crippen molar-refractivity contribution in [1.82, 2.24) is 0 Å². The molecule has 0 saturated heterocycles. The van der Waals surface area contributed by atoms with E-state index in [-0.39, 0.29) is 4.90 Å². The highest BCUT2D eigenvalue weighted by Gasteiger charge is 2.18. The molecular formula is C17H19NO4S. The number of rotatable bonds is 3. The van der Waals surface area contributed by atoms with Crippen LogP contribution in [0.25, 0.3) is 0 Å². The number of fused-ring (bicyclic) bond motifs is 1. The summed E-state index contributed by atoms with van der Waals surface area (Å²) in [5.41, 5.74) is 2.06. The van der Waals surface area contributed by atoms with E-state index in [4.69, 9.17) is 9.47 Å². The number of benzene rings is 2. The Balaban J connectivity index is 1.92. The molecule has 1 aliphatic heterocycles. The van der Waals surface area contributed by atoms with Gasteiger partial charge in [0.25, 0.3) is 10.0 Å². The number of ether oxygens (including phenoxy) is 2. The number of sulfonamides is 1. The summed E-state index contributed by atoms with van der Waals surface area (Å²) < 4.78 is 39.0. The van der Waals surface area contributed by atoms with Crippen LogP contribution in [-0.2, 0) is 10.0 Å². The van der Waals surface area contributed by atoms with Crippen molar-refractivity contribution < 1.29 is 17.9 Å². The highest BCUT2D eigenvalue weighted by molar-refractivity contribution is 7.92. The van der Waals surface area contributed by atoms with E-state index < -0.39 is 10.0 Å². The minimum atomic E-state index is -3.65. The Kier molecular flexibility index (Phi) is 4.17. The Labute approximate surface area is 136 Å². The molecule has 0 bridgehead atoms. The average Bonchev–Trinajstić information content (AvgIpc) is 2.74. The van der Waals surface area contributed by atoms with Crippen LogP contribution >= 0.6 is 0 Å². The molecule has 2 aromatic rings. The zero-order valence-electron chi connectivity index (χ0n) is 13.1. The van der Waals surface area contributed by atoms with Gasteiger partial charge in [-0.1, -0.05) is 12.1 Å². The summed E-state index contributed by atoms with van der Waals surface area (Å²) in [4.78, 5) is 0.282. The molecule has 0 aliphatic carbocycles. The molecular weight excluding hydrogens is 314 g/mol. The lowest BCUT2D eigenvalue weighted by Gasteiger charge is -2.13. The summed E-state index contributed by atoms with van der Waals surface area (Å²) in [6.45, 7) is 4.80. The van der Waals surface area contributed by atoms with Crippen molar-refractivity contribution in [2.24, 2.45) is 0 Å². The van der Waals surface area contributed by atoms with Crippen LogP contribution in [0, 0.1) is 13.8 Å². The van der Waals surface area contributed by atoms with E-state index in [2.05, 4.69) is 4.72 Å². The van der Waals surface area contributed by atoms with E-state index in [0.717, 1.165) is 12.0 Å². The molecule has 2 aromatic carbocycles. The predicted octanol–water partition coefficient (Wildman–Crippen LogP) is 3.27. The molecule has 0 unspecified atom stereocenters. The van der Waals surface area contributed by atoms with E-state index in [1.165, 1.54) is 0 Å². The SMILES string of the molecule is Cc1ccc(C)c(S(=O)(=O)Nc2ccc3c(c2)OCCCO3)c1. The van der Waals surface area contributed by atoms with Gasteiger partial charge in [0.1, 0.15) is 0 Å². The molecule has 5 nitrogen and oxygen atoms in total. The van der Waals surface area contributed by atoms with Crippen molar-refractivity contribution in [1.29, 1.82) is 0 Å². The van der Waals surface area contributed by atoms with Crippen LogP contribution in [0.1, 0.15) is 17.5 Å². The number of anilines is 1. The van der Waals surface area contributed by atoms with E-state index in [1.807, 2.05) is 13.0 Å². The van der Waals surface area contributed by atoms with Crippen molar-refractivity contribution in [3.63, 3.8) is 0 Å². The van der Waals surface area contributed by atoms with Gasteiger partial charge < -0.3 is 9.47 Å². The molecule has 1 heterocycles. The first-order valence-corrected chi connectivity index (χ1v) is 8.94. The smallest absolute Gasteiger partial charge is 0.262 e. The topological polar surface area (TPSA) is 64.6 Å². The maximum atomic E-state index is 12.6. The number of nitrogens with one attached hydrogen (secondary N) is 1. The summed E-state index contributed by atoms with van der Waals surface area (Å²) in [6.07, 6.45) is 0.804. The zero-order chi connectivity index (χ0) is 16.4. The normalized spacial score (nSPS) is 14.2. The monoisotopic (exact) mass is 333 g/mol. The van der Waals surface area contributed by atoms with Crippen molar-refractivity contribution in [3.8, 4) is 11.5 Å². The van der Waals surface area contributed by atoms with Crippen molar-refractivity contribution in [2.45, 2.75) is 25.2 Å². The lowest BCUT2D eigenvalue weighted by molar-refractivity contribution is 0.297. The highest BCUT2D eigenvalue weighted by Crippen LogP contribution is 2.33. The Morgan fingerprint density at radius 2 is 1.70 bits per heavy atom. The van der Waals surface area contributed by atoms with Gasteiger partial charge in [-0.3, -0.25) is 4.72 Å². The first kappa shape index (κ1) is 15.7. The van der Waals surface area contributed by atoms with E-state index in [0.29, 0.717) is 36.0 Å². The third kappa shape index (κ3) is 3.42. The third-order valence-corrected chi connectivity index (χ3v) is 5.16. The fourth-order valence-electron chi connectivity index (χ4n) is 2.43. The standard InChI is InChI=1S/C17H19NO4S/c1-12-4-5-13(2)17(10-12)23(19,20)18-14-6-7-15-16(11-14)22-9-3-8-21-15/h4-7,10-11,18H,3,8-9H2,1-2H3. The second-order valence-corrected chi connectivity index (χ2v) is 7.24. The second kappa shape index (κ2) is 6.12. The fraction of sp³-hybridized carbons (Fsp3) is 0.294. The largest absolute Gasteiger partial charge is 0.490 e. The minimum absolute atomic E-state index is 0.282. The van der Waals surface area contributed by atoms with Gasteiger partial charge in [-0.25, -0.2) is 8.42 Å². The van der Waals surface area contributed by atoms with Crippen LogP contribution in [0.3, 0.4) is 0 Å². The average molecular weight is 333 g/mol. The van der Waals surface area contributed by atoms with Gasteiger partial charge in [0, 0.05) is 12.5 Å². The van der Waals surface area contributed by atoms with E-state index >= 15 is 0 Å². The Bertz CT molecular complexity index is 830. The van der Waals surface area contributed by atoms with Gasteiger partial charge in [0.2, 0.25) is 0 Å².